The normalized spacial score (nSPS) is 12.7. The first-order chi connectivity index (χ1) is 16.0. The Hall–Kier alpha value is -3.85. The van der Waals surface area contributed by atoms with E-state index in [4.69, 9.17) is 14.2 Å². The van der Waals surface area contributed by atoms with E-state index >= 15 is 0 Å². The lowest BCUT2D eigenvalue weighted by Crippen LogP contribution is -2.45. The fourth-order valence-electron chi connectivity index (χ4n) is 3.57. The summed E-state index contributed by atoms with van der Waals surface area (Å²) in [5.74, 6) is -1.39. The summed E-state index contributed by atoms with van der Waals surface area (Å²) in [6.07, 6.45) is -0.0493. The van der Waals surface area contributed by atoms with Crippen molar-refractivity contribution in [2.24, 2.45) is 0 Å². The highest BCUT2D eigenvalue weighted by molar-refractivity contribution is 5.81. The van der Waals surface area contributed by atoms with E-state index in [0.29, 0.717) is 0 Å². The highest BCUT2D eigenvalue weighted by atomic mass is 16.6. The van der Waals surface area contributed by atoms with Gasteiger partial charge in [-0.15, -0.1) is 0 Å². The predicted octanol–water partition coefficient (Wildman–Crippen LogP) is 2.91. The van der Waals surface area contributed by atoms with Gasteiger partial charge in [-0.3, -0.25) is 0 Å². The van der Waals surface area contributed by atoms with Crippen molar-refractivity contribution >= 4 is 18.2 Å². The Labute approximate surface area is 191 Å². The van der Waals surface area contributed by atoms with Gasteiger partial charge in [-0.1, -0.05) is 61.2 Å². The molecule has 2 amide bonds. The van der Waals surface area contributed by atoms with Crippen LogP contribution >= 0.6 is 0 Å². The number of fused-ring (bicyclic) bond motifs is 3. The third-order valence-electron chi connectivity index (χ3n) is 5.07. The molecule has 1 aliphatic rings. The Balaban J connectivity index is 1.46. The molecular formula is C24H26N2O7. The van der Waals surface area contributed by atoms with Crippen molar-refractivity contribution in [2.45, 2.75) is 12.0 Å². The van der Waals surface area contributed by atoms with Crippen molar-refractivity contribution in [3.05, 3.63) is 72.3 Å². The molecule has 174 valence electrons. The maximum absolute atomic E-state index is 12.3. The molecule has 33 heavy (non-hydrogen) atoms. The first kappa shape index (κ1) is 23.8. The van der Waals surface area contributed by atoms with Crippen LogP contribution in [0.15, 0.2) is 61.2 Å². The smallest absolute Gasteiger partial charge is 0.407 e. The second-order valence-electron chi connectivity index (χ2n) is 7.25. The minimum Gasteiger partial charge on any atom is -0.480 e. The number of nitrogens with one attached hydrogen (secondary N) is 2. The quantitative estimate of drug-likeness (QED) is 0.352. The van der Waals surface area contributed by atoms with Crippen molar-refractivity contribution in [3.8, 4) is 11.1 Å². The molecule has 0 radical (unpaired) electrons. The molecule has 1 atom stereocenters. The second-order valence-corrected chi connectivity index (χ2v) is 7.25. The van der Waals surface area contributed by atoms with Gasteiger partial charge in [0, 0.05) is 12.5 Å². The molecule has 0 aromatic heterocycles. The van der Waals surface area contributed by atoms with E-state index in [1.54, 1.807) is 0 Å². The van der Waals surface area contributed by atoms with E-state index < -0.39 is 24.2 Å². The summed E-state index contributed by atoms with van der Waals surface area (Å²) in [5.41, 5.74) is 4.31. The fourth-order valence-corrected chi connectivity index (χ4v) is 3.57. The molecule has 0 aliphatic heterocycles. The summed E-state index contributed by atoms with van der Waals surface area (Å²) in [5, 5.41) is 14.1. The van der Waals surface area contributed by atoms with Crippen LogP contribution in [0.1, 0.15) is 17.0 Å². The largest absolute Gasteiger partial charge is 0.480 e. The standard InChI is InChI=1S/C24H26N2O7/c1-2-12-32-23(29)25-11-13-31-15-21(22(27)28)26-24(30)33-14-20-18-9-5-3-7-16(18)17-8-4-6-10-19(17)20/h2-10,20-21H,1,11-15H2,(H,25,29)(H,26,30)(H,27,28)/t21-/m0/s1. The Morgan fingerprint density at radius 1 is 1.00 bits per heavy atom. The van der Waals surface area contributed by atoms with E-state index in [1.807, 2.05) is 48.5 Å². The van der Waals surface area contributed by atoms with Crippen molar-refractivity contribution in [3.63, 3.8) is 0 Å². The second kappa shape index (κ2) is 11.7. The summed E-state index contributed by atoms with van der Waals surface area (Å²) >= 11 is 0. The molecule has 9 heteroatoms. The highest BCUT2D eigenvalue weighted by Crippen LogP contribution is 2.44. The number of carbonyl (C=O) groups excluding carboxylic acids is 2. The fraction of sp³-hybridized carbons (Fsp3) is 0.292. The van der Waals surface area contributed by atoms with Crippen LogP contribution < -0.4 is 10.6 Å². The zero-order chi connectivity index (χ0) is 23.6. The van der Waals surface area contributed by atoms with Gasteiger partial charge in [-0.05, 0) is 22.3 Å². The minimum absolute atomic E-state index is 0.0410. The first-order valence-electron chi connectivity index (χ1n) is 10.4. The van der Waals surface area contributed by atoms with E-state index in [-0.39, 0.29) is 38.9 Å². The average molecular weight is 454 g/mol. The molecular weight excluding hydrogens is 428 g/mol. The topological polar surface area (TPSA) is 123 Å². The van der Waals surface area contributed by atoms with Gasteiger partial charge in [0.2, 0.25) is 0 Å². The molecule has 1 aliphatic carbocycles. The van der Waals surface area contributed by atoms with Crippen LogP contribution in [0, 0.1) is 0 Å². The lowest BCUT2D eigenvalue weighted by atomic mass is 9.98. The van der Waals surface area contributed by atoms with Gasteiger partial charge in [0.1, 0.15) is 13.2 Å². The summed E-state index contributed by atoms with van der Waals surface area (Å²) in [6.45, 7) is 3.45. The number of hydrogen-bond acceptors (Lipinski definition) is 6. The first-order valence-corrected chi connectivity index (χ1v) is 10.4. The molecule has 0 spiro atoms. The lowest BCUT2D eigenvalue weighted by Gasteiger charge is -2.17. The monoisotopic (exact) mass is 454 g/mol. The van der Waals surface area contributed by atoms with Crippen LogP contribution in [-0.2, 0) is 19.0 Å². The van der Waals surface area contributed by atoms with Crippen molar-refractivity contribution in [1.82, 2.24) is 10.6 Å². The van der Waals surface area contributed by atoms with Gasteiger partial charge < -0.3 is 30.0 Å². The number of ether oxygens (including phenoxy) is 3. The van der Waals surface area contributed by atoms with Crippen molar-refractivity contribution in [1.29, 1.82) is 0 Å². The van der Waals surface area contributed by atoms with E-state index in [2.05, 4.69) is 17.2 Å². The maximum atomic E-state index is 12.3. The van der Waals surface area contributed by atoms with Gasteiger partial charge in [-0.25, -0.2) is 14.4 Å². The van der Waals surface area contributed by atoms with Gasteiger partial charge in [0.15, 0.2) is 6.04 Å². The summed E-state index contributed by atoms with van der Waals surface area (Å²) in [7, 11) is 0. The number of hydrogen-bond donors (Lipinski definition) is 3. The molecule has 0 heterocycles. The molecule has 9 nitrogen and oxygen atoms in total. The molecule has 3 rings (SSSR count). The van der Waals surface area contributed by atoms with Gasteiger partial charge in [-0.2, -0.15) is 0 Å². The Morgan fingerprint density at radius 3 is 2.24 bits per heavy atom. The van der Waals surface area contributed by atoms with E-state index in [0.717, 1.165) is 22.3 Å². The highest BCUT2D eigenvalue weighted by Gasteiger charge is 2.29. The van der Waals surface area contributed by atoms with Crippen LogP contribution in [0.2, 0.25) is 0 Å². The summed E-state index contributed by atoms with van der Waals surface area (Å²) < 4.78 is 15.3. The molecule has 3 N–H and O–H groups in total. The van der Waals surface area contributed by atoms with E-state index in [1.165, 1.54) is 6.08 Å². The lowest BCUT2D eigenvalue weighted by molar-refractivity contribution is -0.141. The Morgan fingerprint density at radius 2 is 1.64 bits per heavy atom. The Bertz CT molecular complexity index is 962. The zero-order valence-corrected chi connectivity index (χ0v) is 18.0. The number of aliphatic carboxylic acids is 1. The third-order valence-corrected chi connectivity index (χ3v) is 5.07. The van der Waals surface area contributed by atoms with Crippen molar-refractivity contribution < 1.29 is 33.7 Å². The molecule has 0 saturated carbocycles. The van der Waals surface area contributed by atoms with Crippen LogP contribution in [0.25, 0.3) is 11.1 Å². The number of carboxylic acids is 1. The SMILES string of the molecule is C=CCOC(=O)NCCOC[C@H](NC(=O)OCC1c2ccccc2-c2ccccc21)C(=O)O. The Kier molecular flexibility index (Phi) is 8.43. The van der Waals surface area contributed by atoms with Gasteiger partial charge in [0.25, 0.3) is 0 Å². The number of benzene rings is 2. The average Bonchev–Trinajstić information content (AvgIpc) is 3.14. The molecule has 2 aromatic carbocycles. The minimum atomic E-state index is -1.30. The summed E-state index contributed by atoms with van der Waals surface area (Å²) in [6, 6.07) is 14.5. The van der Waals surface area contributed by atoms with Gasteiger partial charge in [0.05, 0.1) is 13.2 Å². The molecule has 0 bridgehead atoms. The third kappa shape index (κ3) is 6.33. The number of carbonyl (C=O) groups is 3. The predicted molar refractivity (Wildman–Crippen MR) is 120 cm³/mol. The van der Waals surface area contributed by atoms with Gasteiger partial charge >= 0.3 is 18.2 Å². The van der Waals surface area contributed by atoms with Crippen LogP contribution in [-0.4, -0.2) is 62.3 Å². The number of amides is 2. The van der Waals surface area contributed by atoms with Crippen LogP contribution in [0.4, 0.5) is 9.59 Å². The summed E-state index contributed by atoms with van der Waals surface area (Å²) in [4.78, 5) is 35.0. The molecule has 2 aromatic rings. The number of rotatable bonds is 11. The zero-order valence-electron chi connectivity index (χ0n) is 18.0. The molecule has 0 fully saturated rings. The molecule has 0 unspecified atom stereocenters. The maximum Gasteiger partial charge on any atom is 0.407 e. The van der Waals surface area contributed by atoms with Crippen LogP contribution in [0.3, 0.4) is 0 Å². The number of carboxylic acid groups (broad SMARTS) is 1. The molecule has 0 saturated heterocycles. The number of alkyl carbamates (subject to hydrolysis) is 2. The van der Waals surface area contributed by atoms with Crippen molar-refractivity contribution in [2.75, 3.05) is 33.0 Å². The van der Waals surface area contributed by atoms with Crippen LogP contribution in [0.5, 0.6) is 0 Å². The van der Waals surface area contributed by atoms with E-state index in [9.17, 15) is 19.5 Å².